The van der Waals surface area contributed by atoms with Crippen molar-refractivity contribution in [3.63, 3.8) is 0 Å². The lowest BCUT2D eigenvalue weighted by molar-refractivity contribution is 0.171. The Morgan fingerprint density at radius 2 is 1.67 bits per heavy atom. The lowest BCUT2D eigenvalue weighted by Gasteiger charge is -2.21. The number of rotatable bonds is 3. The van der Waals surface area contributed by atoms with E-state index >= 15 is 0 Å². The third kappa shape index (κ3) is 2.75. The van der Waals surface area contributed by atoms with Crippen LogP contribution in [0.25, 0.3) is 0 Å². The minimum Gasteiger partial charge on any atom is -0.486 e. The molecule has 0 spiro atoms. The highest BCUT2D eigenvalue weighted by atomic mass is 16.6. The predicted molar refractivity (Wildman–Crippen MR) is 82.4 cm³/mol. The normalized spacial score (nSPS) is 13.3. The first-order chi connectivity index (χ1) is 10.1. The first-order valence-corrected chi connectivity index (χ1v) is 7.11. The Balaban J connectivity index is 1.95. The van der Waals surface area contributed by atoms with Crippen molar-refractivity contribution in [2.75, 3.05) is 18.9 Å². The molecule has 0 bridgehead atoms. The average molecular weight is 285 g/mol. The molecule has 4 heteroatoms. The van der Waals surface area contributed by atoms with Crippen LogP contribution in [0.3, 0.4) is 0 Å². The van der Waals surface area contributed by atoms with Crippen LogP contribution in [0.4, 0.5) is 5.69 Å². The number of nitrogen functional groups attached to an aromatic ring is 1. The SMILES string of the molecule is CC(C)c1ccccc1Oc1cc2c(cc1N)OCCO2. The van der Waals surface area contributed by atoms with Gasteiger partial charge in [-0.25, -0.2) is 0 Å². The fraction of sp³-hybridized carbons (Fsp3) is 0.294. The number of hydrogen-bond donors (Lipinski definition) is 1. The Bertz CT molecular complexity index is 652. The van der Waals surface area contributed by atoms with Crippen LogP contribution in [0.15, 0.2) is 36.4 Å². The number of nitrogens with two attached hydrogens (primary N) is 1. The van der Waals surface area contributed by atoms with Gasteiger partial charge in [0.2, 0.25) is 0 Å². The minimum atomic E-state index is 0.375. The van der Waals surface area contributed by atoms with Crippen molar-refractivity contribution in [3.8, 4) is 23.0 Å². The van der Waals surface area contributed by atoms with Gasteiger partial charge in [0.15, 0.2) is 17.2 Å². The minimum absolute atomic E-state index is 0.375. The van der Waals surface area contributed by atoms with Crippen LogP contribution in [0, 0.1) is 0 Å². The van der Waals surface area contributed by atoms with E-state index in [-0.39, 0.29) is 0 Å². The van der Waals surface area contributed by atoms with Crippen molar-refractivity contribution >= 4 is 5.69 Å². The van der Waals surface area contributed by atoms with E-state index in [1.54, 1.807) is 12.1 Å². The van der Waals surface area contributed by atoms with E-state index in [4.69, 9.17) is 19.9 Å². The van der Waals surface area contributed by atoms with Gasteiger partial charge in [0, 0.05) is 12.1 Å². The number of benzene rings is 2. The maximum atomic E-state index is 6.06. The molecular weight excluding hydrogens is 266 g/mol. The van der Waals surface area contributed by atoms with Crippen LogP contribution in [-0.4, -0.2) is 13.2 Å². The highest BCUT2D eigenvalue weighted by molar-refractivity contribution is 5.63. The van der Waals surface area contributed by atoms with Gasteiger partial charge < -0.3 is 19.9 Å². The van der Waals surface area contributed by atoms with Gasteiger partial charge >= 0.3 is 0 Å². The van der Waals surface area contributed by atoms with Gasteiger partial charge in [0.05, 0.1) is 5.69 Å². The number of anilines is 1. The van der Waals surface area contributed by atoms with E-state index in [9.17, 15) is 0 Å². The fourth-order valence-electron chi connectivity index (χ4n) is 2.34. The van der Waals surface area contributed by atoms with E-state index in [0.29, 0.717) is 42.1 Å². The summed E-state index contributed by atoms with van der Waals surface area (Å²) in [5.74, 6) is 3.12. The summed E-state index contributed by atoms with van der Waals surface area (Å²) < 4.78 is 17.1. The van der Waals surface area contributed by atoms with Crippen LogP contribution < -0.4 is 19.9 Å². The molecule has 2 aromatic rings. The third-order valence-electron chi connectivity index (χ3n) is 3.44. The summed E-state index contributed by atoms with van der Waals surface area (Å²) in [6, 6.07) is 11.5. The van der Waals surface area contributed by atoms with Crippen LogP contribution >= 0.6 is 0 Å². The summed E-state index contributed by atoms with van der Waals surface area (Å²) in [5.41, 5.74) is 7.74. The molecule has 0 amide bonds. The second kappa shape index (κ2) is 5.56. The van der Waals surface area contributed by atoms with E-state index in [2.05, 4.69) is 19.9 Å². The van der Waals surface area contributed by atoms with Crippen molar-refractivity contribution in [1.29, 1.82) is 0 Å². The van der Waals surface area contributed by atoms with Crippen LogP contribution in [0.1, 0.15) is 25.3 Å². The zero-order valence-corrected chi connectivity index (χ0v) is 12.3. The summed E-state index contributed by atoms with van der Waals surface area (Å²) in [6.07, 6.45) is 0. The standard InChI is InChI=1S/C17H19NO3/c1-11(2)12-5-3-4-6-14(12)21-15-10-17-16(9-13(15)18)19-7-8-20-17/h3-6,9-11H,7-8,18H2,1-2H3. The molecule has 21 heavy (non-hydrogen) atoms. The predicted octanol–water partition coefficient (Wildman–Crippen LogP) is 3.96. The second-order valence-electron chi connectivity index (χ2n) is 5.33. The largest absolute Gasteiger partial charge is 0.486 e. The molecule has 0 aromatic heterocycles. The Kier molecular flexibility index (Phi) is 3.60. The Hall–Kier alpha value is -2.36. The van der Waals surface area contributed by atoms with E-state index < -0.39 is 0 Å². The summed E-state index contributed by atoms with van der Waals surface area (Å²) in [7, 11) is 0. The molecule has 1 heterocycles. The molecule has 0 radical (unpaired) electrons. The van der Waals surface area contributed by atoms with Crippen molar-refractivity contribution in [2.45, 2.75) is 19.8 Å². The molecule has 0 aliphatic carbocycles. The molecule has 0 fully saturated rings. The zero-order chi connectivity index (χ0) is 14.8. The van der Waals surface area contributed by atoms with Crippen molar-refractivity contribution in [2.24, 2.45) is 0 Å². The lowest BCUT2D eigenvalue weighted by Crippen LogP contribution is -2.15. The van der Waals surface area contributed by atoms with Gasteiger partial charge in [-0.15, -0.1) is 0 Å². The summed E-state index contributed by atoms with van der Waals surface area (Å²) in [6.45, 7) is 5.35. The van der Waals surface area contributed by atoms with Gasteiger partial charge in [-0.05, 0) is 17.5 Å². The van der Waals surface area contributed by atoms with Gasteiger partial charge in [-0.2, -0.15) is 0 Å². The third-order valence-corrected chi connectivity index (χ3v) is 3.44. The maximum absolute atomic E-state index is 6.06. The molecule has 3 rings (SSSR count). The Labute approximate surface area is 124 Å². The molecule has 1 aliphatic rings. The van der Waals surface area contributed by atoms with Gasteiger partial charge in [-0.1, -0.05) is 32.0 Å². The molecule has 0 saturated carbocycles. The number of ether oxygens (including phenoxy) is 3. The molecule has 0 atom stereocenters. The van der Waals surface area contributed by atoms with Gasteiger partial charge in [0.1, 0.15) is 19.0 Å². The fourth-order valence-corrected chi connectivity index (χ4v) is 2.34. The molecule has 1 aliphatic heterocycles. The molecule has 0 unspecified atom stereocenters. The summed E-state index contributed by atoms with van der Waals surface area (Å²) >= 11 is 0. The topological polar surface area (TPSA) is 53.7 Å². The highest BCUT2D eigenvalue weighted by Gasteiger charge is 2.17. The highest BCUT2D eigenvalue weighted by Crippen LogP contribution is 2.41. The number of fused-ring (bicyclic) bond motifs is 1. The quantitative estimate of drug-likeness (QED) is 0.867. The average Bonchev–Trinajstić information content (AvgIpc) is 2.48. The molecule has 2 N–H and O–H groups in total. The molecule has 110 valence electrons. The molecule has 2 aromatic carbocycles. The summed E-state index contributed by atoms with van der Waals surface area (Å²) in [5, 5.41) is 0. The van der Waals surface area contributed by atoms with Gasteiger partial charge in [-0.3, -0.25) is 0 Å². The smallest absolute Gasteiger partial charge is 0.165 e. The summed E-state index contributed by atoms with van der Waals surface area (Å²) in [4.78, 5) is 0. The van der Waals surface area contributed by atoms with E-state index in [0.717, 1.165) is 11.3 Å². The molecule has 0 saturated heterocycles. The number of hydrogen-bond acceptors (Lipinski definition) is 4. The number of para-hydroxylation sites is 1. The first kappa shape index (κ1) is 13.6. The first-order valence-electron chi connectivity index (χ1n) is 7.11. The Morgan fingerprint density at radius 1 is 1.00 bits per heavy atom. The Morgan fingerprint density at radius 3 is 2.38 bits per heavy atom. The zero-order valence-electron chi connectivity index (χ0n) is 12.3. The molecular formula is C17H19NO3. The second-order valence-corrected chi connectivity index (χ2v) is 5.33. The van der Waals surface area contributed by atoms with Crippen LogP contribution in [-0.2, 0) is 0 Å². The van der Waals surface area contributed by atoms with Crippen molar-refractivity contribution in [3.05, 3.63) is 42.0 Å². The van der Waals surface area contributed by atoms with E-state index in [1.807, 2.05) is 18.2 Å². The van der Waals surface area contributed by atoms with Crippen molar-refractivity contribution < 1.29 is 14.2 Å². The van der Waals surface area contributed by atoms with Crippen molar-refractivity contribution in [1.82, 2.24) is 0 Å². The molecule has 4 nitrogen and oxygen atoms in total. The van der Waals surface area contributed by atoms with Crippen LogP contribution in [0.2, 0.25) is 0 Å². The van der Waals surface area contributed by atoms with Crippen LogP contribution in [0.5, 0.6) is 23.0 Å². The maximum Gasteiger partial charge on any atom is 0.165 e. The monoisotopic (exact) mass is 285 g/mol. The lowest BCUT2D eigenvalue weighted by atomic mass is 10.0. The van der Waals surface area contributed by atoms with E-state index in [1.165, 1.54) is 0 Å². The van der Waals surface area contributed by atoms with Gasteiger partial charge in [0.25, 0.3) is 0 Å².